The van der Waals surface area contributed by atoms with Crippen LogP contribution in [0.2, 0.25) is 0 Å². The topological polar surface area (TPSA) is 101 Å². The zero-order valence-electron chi connectivity index (χ0n) is 13.0. The number of halogens is 3. The number of nitrogens with one attached hydrogen (secondary N) is 1. The van der Waals surface area contributed by atoms with Crippen LogP contribution in [0.3, 0.4) is 0 Å². The first kappa shape index (κ1) is 17.4. The summed E-state index contributed by atoms with van der Waals surface area (Å²) in [6, 6.07) is 14.1. The van der Waals surface area contributed by atoms with E-state index in [9.17, 15) is 13.2 Å². The Kier molecular flexibility index (Phi) is 4.57. The second-order valence-corrected chi connectivity index (χ2v) is 5.25. The van der Waals surface area contributed by atoms with Gasteiger partial charge in [0, 0.05) is 12.0 Å². The molecule has 7 nitrogen and oxygen atoms in total. The molecule has 3 aromatic rings. The van der Waals surface area contributed by atoms with Gasteiger partial charge in [-0.15, -0.1) is 10.2 Å². The third kappa shape index (κ3) is 3.79. The summed E-state index contributed by atoms with van der Waals surface area (Å²) in [6.07, 6.45) is -4.20. The molecule has 0 aliphatic carbocycles. The molecule has 4 rings (SSSR count). The minimum Gasteiger partial charge on any atom is -0.475 e. The van der Waals surface area contributed by atoms with E-state index in [0.29, 0.717) is 5.82 Å². The van der Waals surface area contributed by atoms with Gasteiger partial charge >= 0.3 is 12.1 Å². The molecule has 2 aromatic carbocycles. The molecule has 1 aliphatic rings. The Hall–Kier alpha value is -3.43. The lowest BCUT2D eigenvalue weighted by molar-refractivity contribution is -0.192. The molecule has 0 unspecified atom stereocenters. The van der Waals surface area contributed by atoms with E-state index in [2.05, 4.69) is 32.8 Å². The minimum absolute atomic E-state index is 0.574. The SMILES string of the molecule is O=C(O)C(F)(F)F.c1ccc2c(c1)Cc1ccc(-c3nn[nH]n3)cc1O2. The first-order valence-corrected chi connectivity index (χ1v) is 7.27. The fraction of sp³-hybridized carbons (Fsp3) is 0.125. The number of nitrogens with zero attached hydrogens (tertiary/aromatic N) is 3. The van der Waals surface area contributed by atoms with Gasteiger partial charge in [-0.05, 0) is 28.5 Å². The molecule has 1 aromatic heterocycles. The average Bonchev–Trinajstić information content (AvgIpc) is 3.14. The summed E-state index contributed by atoms with van der Waals surface area (Å²) in [4.78, 5) is 8.90. The molecule has 0 bridgehead atoms. The molecule has 0 saturated heterocycles. The maximum atomic E-state index is 10.6. The van der Waals surface area contributed by atoms with Gasteiger partial charge in [0.1, 0.15) is 11.5 Å². The predicted octanol–water partition coefficient (Wildman–Crippen LogP) is 3.20. The molecule has 0 atom stereocenters. The van der Waals surface area contributed by atoms with Crippen molar-refractivity contribution in [1.82, 2.24) is 20.6 Å². The normalized spacial score (nSPS) is 12.1. The standard InChI is InChI=1S/C14H10N4O.C2HF3O2/c1-2-4-12-9(3-1)7-10-5-6-11(8-13(10)19-12)14-15-17-18-16-14;3-2(4,5)1(6)7/h1-6,8H,7H2,(H,15,16,17,18);(H,6,7). The van der Waals surface area contributed by atoms with Gasteiger partial charge in [0.25, 0.3) is 0 Å². The molecule has 0 amide bonds. The molecule has 26 heavy (non-hydrogen) atoms. The Bertz CT molecular complexity index is 927. The number of aliphatic carboxylic acids is 1. The van der Waals surface area contributed by atoms with Crippen LogP contribution in [-0.2, 0) is 11.2 Å². The maximum Gasteiger partial charge on any atom is 0.490 e. The summed E-state index contributed by atoms with van der Waals surface area (Å²) in [5, 5.41) is 21.1. The molecule has 0 saturated carbocycles. The molecular formula is C16H11F3N4O3. The summed E-state index contributed by atoms with van der Waals surface area (Å²) in [7, 11) is 0. The van der Waals surface area contributed by atoms with Crippen molar-refractivity contribution in [2.75, 3.05) is 0 Å². The Morgan fingerprint density at radius 3 is 2.46 bits per heavy atom. The number of aromatic amines is 1. The zero-order valence-corrected chi connectivity index (χ0v) is 13.0. The van der Waals surface area contributed by atoms with Crippen LogP contribution in [-0.4, -0.2) is 37.9 Å². The largest absolute Gasteiger partial charge is 0.490 e. The number of hydrogen-bond acceptors (Lipinski definition) is 5. The maximum absolute atomic E-state index is 10.6. The monoisotopic (exact) mass is 364 g/mol. The number of ether oxygens (including phenoxy) is 1. The highest BCUT2D eigenvalue weighted by Gasteiger charge is 2.38. The number of hydrogen-bond donors (Lipinski definition) is 2. The van der Waals surface area contributed by atoms with Crippen LogP contribution in [0, 0.1) is 0 Å². The van der Waals surface area contributed by atoms with Crippen molar-refractivity contribution < 1.29 is 27.8 Å². The molecule has 2 heterocycles. The summed E-state index contributed by atoms with van der Waals surface area (Å²) in [5.74, 6) is -0.404. The second-order valence-electron chi connectivity index (χ2n) is 5.25. The molecule has 10 heteroatoms. The predicted molar refractivity (Wildman–Crippen MR) is 82.6 cm³/mol. The van der Waals surface area contributed by atoms with E-state index in [1.807, 2.05) is 30.3 Å². The van der Waals surface area contributed by atoms with Gasteiger partial charge in [0.05, 0.1) is 0 Å². The first-order chi connectivity index (χ1) is 12.3. The lowest BCUT2D eigenvalue weighted by Gasteiger charge is -2.20. The zero-order chi connectivity index (χ0) is 18.7. The number of para-hydroxylation sites is 1. The number of carboxylic acids is 1. The summed E-state index contributed by atoms with van der Waals surface area (Å²) < 4.78 is 37.7. The third-order valence-corrected chi connectivity index (χ3v) is 3.49. The van der Waals surface area contributed by atoms with E-state index in [0.717, 1.165) is 23.5 Å². The van der Waals surface area contributed by atoms with Crippen LogP contribution in [0.1, 0.15) is 11.1 Å². The van der Waals surface area contributed by atoms with E-state index in [1.54, 1.807) is 0 Å². The number of aromatic nitrogens is 4. The highest BCUT2D eigenvalue weighted by molar-refractivity contribution is 5.73. The average molecular weight is 364 g/mol. The number of rotatable bonds is 1. The van der Waals surface area contributed by atoms with Crippen molar-refractivity contribution >= 4 is 5.97 Å². The van der Waals surface area contributed by atoms with Crippen LogP contribution in [0.25, 0.3) is 11.4 Å². The van der Waals surface area contributed by atoms with Crippen LogP contribution in [0.5, 0.6) is 11.5 Å². The third-order valence-electron chi connectivity index (χ3n) is 3.49. The lowest BCUT2D eigenvalue weighted by Crippen LogP contribution is -2.21. The molecule has 0 radical (unpaired) electrons. The molecule has 134 valence electrons. The van der Waals surface area contributed by atoms with Crippen molar-refractivity contribution in [2.24, 2.45) is 0 Å². The van der Waals surface area contributed by atoms with Gasteiger partial charge in [-0.1, -0.05) is 30.3 Å². The van der Waals surface area contributed by atoms with E-state index in [-0.39, 0.29) is 0 Å². The van der Waals surface area contributed by atoms with E-state index >= 15 is 0 Å². The van der Waals surface area contributed by atoms with Gasteiger partial charge in [-0.25, -0.2) is 4.79 Å². The number of benzene rings is 2. The van der Waals surface area contributed by atoms with Gasteiger partial charge in [-0.3, -0.25) is 0 Å². The van der Waals surface area contributed by atoms with Crippen molar-refractivity contribution in [3.05, 3.63) is 53.6 Å². The van der Waals surface area contributed by atoms with Crippen LogP contribution >= 0.6 is 0 Å². The van der Waals surface area contributed by atoms with Gasteiger partial charge in [0.15, 0.2) is 0 Å². The van der Waals surface area contributed by atoms with Crippen molar-refractivity contribution in [3.8, 4) is 22.9 Å². The Morgan fingerprint density at radius 1 is 1.12 bits per heavy atom. The van der Waals surface area contributed by atoms with Crippen molar-refractivity contribution in [1.29, 1.82) is 0 Å². The summed E-state index contributed by atoms with van der Waals surface area (Å²) in [6.45, 7) is 0. The van der Waals surface area contributed by atoms with Crippen LogP contribution in [0.4, 0.5) is 13.2 Å². The van der Waals surface area contributed by atoms with Crippen molar-refractivity contribution in [3.63, 3.8) is 0 Å². The fourth-order valence-electron chi connectivity index (χ4n) is 2.29. The summed E-state index contributed by atoms with van der Waals surface area (Å²) >= 11 is 0. The van der Waals surface area contributed by atoms with Crippen LogP contribution < -0.4 is 4.74 Å². The number of carbonyl (C=O) groups is 1. The lowest BCUT2D eigenvalue weighted by atomic mass is 9.99. The minimum atomic E-state index is -5.08. The number of alkyl halides is 3. The Labute approximate surface area is 144 Å². The quantitative estimate of drug-likeness (QED) is 0.538. The molecule has 1 aliphatic heterocycles. The number of carboxylic acid groups (broad SMARTS) is 1. The second kappa shape index (κ2) is 6.82. The van der Waals surface area contributed by atoms with Crippen LogP contribution in [0.15, 0.2) is 42.5 Å². The van der Waals surface area contributed by atoms with E-state index < -0.39 is 12.1 Å². The Morgan fingerprint density at radius 2 is 1.81 bits per heavy atom. The highest BCUT2D eigenvalue weighted by Crippen LogP contribution is 2.37. The molecule has 0 spiro atoms. The Balaban J connectivity index is 0.000000242. The summed E-state index contributed by atoms with van der Waals surface area (Å²) in [5.41, 5.74) is 3.28. The van der Waals surface area contributed by atoms with Gasteiger partial charge < -0.3 is 9.84 Å². The van der Waals surface area contributed by atoms with Gasteiger partial charge in [0.2, 0.25) is 5.82 Å². The highest BCUT2D eigenvalue weighted by atomic mass is 19.4. The fourth-order valence-corrected chi connectivity index (χ4v) is 2.29. The van der Waals surface area contributed by atoms with E-state index in [1.165, 1.54) is 11.1 Å². The van der Waals surface area contributed by atoms with E-state index in [4.69, 9.17) is 14.6 Å². The number of H-pyrrole nitrogens is 1. The molecular weight excluding hydrogens is 353 g/mol. The molecule has 2 N–H and O–H groups in total. The van der Waals surface area contributed by atoms with Gasteiger partial charge in [-0.2, -0.15) is 18.4 Å². The number of tetrazole rings is 1. The molecule has 0 fully saturated rings. The first-order valence-electron chi connectivity index (χ1n) is 7.27. The van der Waals surface area contributed by atoms with Crippen molar-refractivity contribution in [2.45, 2.75) is 12.6 Å². The number of fused-ring (bicyclic) bond motifs is 2. The smallest absolute Gasteiger partial charge is 0.475 e.